The number of hydrogen-bond acceptors (Lipinski definition) is 5. The fourth-order valence-corrected chi connectivity index (χ4v) is 2.82. The number of pyridine rings is 1. The maximum atomic E-state index is 12.1. The molecule has 1 unspecified atom stereocenters. The number of amides is 3. The van der Waals surface area contributed by atoms with Gasteiger partial charge in [-0.3, -0.25) is 19.9 Å². The fraction of sp³-hybridized carbons (Fsp3) is 0.217. The number of ether oxygens (including phenoxy) is 1. The average molecular weight is 405 g/mol. The molecule has 3 aromatic rings. The summed E-state index contributed by atoms with van der Waals surface area (Å²) >= 11 is 0. The van der Waals surface area contributed by atoms with Gasteiger partial charge in [-0.1, -0.05) is 54.6 Å². The van der Waals surface area contributed by atoms with Crippen LogP contribution >= 0.6 is 0 Å². The topological polar surface area (TPSA) is 97.4 Å². The number of fused-ring (bicyclic) bond motifs is 1. The zero-order valence-corrected chi connectivity index (χ0v) is 16.6. The number of aryl methyl sites for hydroxylation is 1. The third-order valence-corrected chi connectivity index (χ3v) is 4.45. The molecule has 0 saturated carbocycles. The first kappa shape index (κ1) is 21.0. The van der Waals surface area contributed by atoms with Crippen LogP contribution in [0.4, 0.5) is 4.79 Å². The maximum Gasteiger partial charge on any atom is 0.321 e. The zero-order chi connectivity index (χ0) is 21.3. The van der Waals surface area contributed by atoms with E-state index < -0.39 is 24.0 Å². The smallest absolute Gasteiger partial charge is 0.321 e. The van der Waals surface area contributed by atoms with Crippen molar-refractivity contribution in [3.8, 4) is 0 Å². The van der Waals surface area contributed by atoms with Crippen LogP contribution < -0.4 is 10.6 Å². The molecule has 0 saturated heterocycles. The summed E-state index contributed by atoms with van der Waals surface area (Å²) in [6.45, 7) is 1.71. The van der Waals surface area contributed by atoms with Crippen LogP contribution in [0.25, 0.3) is 10.9 Å². The molecule has 1 heterocycles. The van der Waals surface area contributed by atoms with Gasteiger partial charge in [0.2, 0.25) is 0 Å². The van der Waals surface area contributed by atoms with E-state index in [4.69, 9.17) is 4.74 Å². The van der Waals surface area contributed by atoms with Crippen molar-refractivity contribution in [2.24, 2.45) is 0 Å². The molecule has 3 amide bonds. The van der Waals surface area contributed by atoms with Crippen molar-refractivity contribution in [1.82, 2.24) is 15.6 Å². The van der Waals surface area contributed by atoms with Crippen molar-refractivity contribution in [1.29, 1.82) is 0 Å². The third kappa shape index (κ3) is 6.13. The van der Waals surface area contributed by atoms with Crippen LogP contribution in [0.5, 0.6) is 0 Å². The Balaban J connectivity index is 1.41. The van der Waals surface area contributed by atoms with E-state index in [-0.39, 0.29) is 13.0 Å². The number of rotatable bonds is 7. The number of benzene rings is 2. The van der Waals surface area contributed by atoms with Crippen molar-refractivity contribution in [2.75, 3.05) is 0 Å². The highest BCUT2D eigenvalue weighted by atomic mass is 16.5. The second kappa shape index (κ2) is 10.2. The molecule has 7 heteroatoms. The van der Waals surface area contributed by atoms with Crippen LogP contribution in [0.2, 0.25) is 0 Å². The van der Waals surface area contributed by atoms with Crippen molar-refractivity contribution < 1.29 is 19.1 Å². The van der Waals surface area contributed by atoms with Crippen molar-refractivity contribution in [2.45, 2.75) is 32.4 Å². The number of nitrogens with one attached hydrogen (secondary N) is 2. The second-order valence-corrected chi connectivity index (χ2v) is 6.78. The summed E-state index contributed by atoms with van der Waals surface area (Å²) in [6.07, 6.45) is -0.594. The van der Waals surface area contributed by atoms with Gasteiger partial charge >= 0.3 is 12.0 Å². The lowest BCUT2D eigenvalue weighted by molar-refractivity contribution is -0.154. The molecule has 1 atom stereocenters. The van der Waals surface area contributed by atoms with Gasteiger partial charge in [0, 0.05) is 24.0 Å². The third-order valence-electron chi connectivity index (χ3n) is 4.45. The molecule has 1 aromatic heterocycles. The Kier molecular flexibility index (Phi) is 7.10. The Bertz CT molecular complexity index is 1040. The van der Waals surface area contributed by atoms with Crippen LogP contribution in [0.1, 0.15) is 24.6 Å². The standard InChI is InChI=1S/C23H23N3O4/c1-16(22(28)26-23(29)24-15-17-7-3-2-4-8-17)30-21(27)14-13-19-12-11-18-9-5-6-10-20(18)25-19/h2-12,16H,13-15H2,1H3,(H2,24,26,28,29). The predicted octanol–water partition coefficient (Wildman–Crippen LogP) is 3.13. The molecular formula is C23H23N3O4. The minimum atomic E-state index is -1.08. The van der Waals surface area contributed by atoms with Crippen LogP contribution in [-0.2, 0) is 27.3 Å². The molecule has 2 aromatic carbocycles. The van der Waals surface area contributed by atoms with Crippen molar-refractivity contribution in [3.05, 3.63) is 78.0 Å². The molecule has 0 aliphatic rings. The number of hydrogen-bond donors (Lipinski definition) is 2. The Morgan fingerprint density at radius 2 is 1.70 bits per heavy atom. The van der Waals surface area contributed by atoms with Gasteiger partial charge < -0.3 is 10.1 Å². The first-order chi connectivity index (χ1) is 14.5. The number of carbonyl (C=O) groups excluding carboxylic acids is 3. The lowest BCUT2D eigenvalue weighted by atomic mass is 10.1. The van der Waals surface area contributed by atoms with E-state index in [0.717, 1.165) is 22.2 Å². The summed E-state index contributed by atoms with van der Waals surface area (Å²) in [5.74, 6) is -1.21. The van der Waals surface area contributed by atoms with E-state index in [0.29, 0.717) is 6.42 Å². The van der Waals surface area contributed by atoms with Gasteiger partial charge in [-0.05, 0) is 24.6 Å². The molecule has 7 nitrogen and oxygen atoms in total. The van der Waals surface area contributed by atoms with Gasteiger partial charge in [0.15, 0.2) is 6.10 Å². The first-order valence-electron chi connectivity index (χ1n) is 9.68. The van der Waals surface area contributed by atoms with Gasteiger partial charge in [0.05, 0.1) is 11.9 Å². The highest BCUT2D eigenvalue weighted by Crippen LogP contribution is 2.13. The monoisotopic (exact) mass is 405 g/mol. The number of para-hydroxylation sites is 1. The van der Waals surface area contributed by atoms with Crippen molar-refractivity contribution >= 4 is 28.8 Å². The molecule has 154 valence electrons. The molecule has 2 N–H and O–H groups in total. The van der Waals surface area contributed by atoms with E-state index in [2.05, 4.69) is 15.6 Å². The molecule has 0 spiro atoms. The van der Waals surface area contributed by atoms with Gasteiger partial charge in [0.25, 0.3) is 5.91 Å². The van der Waals surface area contributed by atoms with E-state index in [9.17, 15) is 14.4 Å². The molecule has 0 aliphatic carbocycles. The number of imide groups is 1. The van der Waals surface area contributed by atoms with Crippen LogP contribution in [0, 0.1) is 0 Å². The highest BCUT2D eigenvalue weighted by molar-refractivity contribution is 5.97. The Morgan fingerprint density at radius 3 is 2.50 bits per heavy atom. The fourth-order valence-electron chi connectivity index (χ4n) is 2.82. The second-order valence-electron chi connectivity index (χ2n) is 6.78. The lowest BCUT2D eigenvalue weighted by Gasteiger charge is -2.13. The number of carbonyl (C=O) groups is 3. The molecule has 0 radical (unpaired) electrons. The van der Waals surface area contributed by atoms with Gasteiger partial charge in [0.1, 0.15) is 0 Å². The number of urea groups is 1. The van der Waals surface area contributed by atoms with E-state index in [1.54, 1.807) is 0 Å². The molecule has 3 rings (SSSR count). The first-order valence-corrected chi connectivity index (χ1v) is 9.68. The summed E-state index contributed by atoms with van der Waals surface area (Å²) in [7, 11) is 0. The van der Waals surface area contributed by atoms with Crippen LogP contribution in [0.15, 0.2) is 66.7 Å². The minimum Gasteiger partial charge on any atom is -0.453 e. The average Bonchev–Trinajstić information content (AvgIpc) is 2.76. The number of esters is 1. The Hall–Kier alpha value is -3.74. The van der Waals surface area contributed by atoms with Crippen molar-refractivity contribution in [3.63, 3.8) is 0 Å². The summed E-state index contributed by atoms with van der Waals surface area (Å²) in [6, 6.07) is 20.2. The normalized spacial score (nSPS) is 11.5. The Morgan fingerprint density at radius 1 is 0.967 bits per heavy atom. The summed E-state index contributed by atoms with van der Waals surface area (Å²) in [5, 5.41) is 5.78. The SMILES string of the molecule is CC(OC(=O)CCc1ccc2ccccc2n1)C(=O)NC(=O)NCc1ccccc1. The largest absolute Gasteiger partial charge is 0.453 e. The predicted molar refractivity (Wildman–Crippen MR) is 112 cm³/mol. The molecule has 30 heavy (non-hydrogen) atoms. The Labute approximate surface area is 174 Å². The number of nitrogens with zero attached hydrogens (tertiary/aromatic N) is 1. The summed E-state index contributed by atoms with van der Waals surface area (Å²) < 4.78 is 5.13. The van der Waals surface area contributed by atoms with E-state index in [1.807, 2.05) is 66.7 Å². The quantitative estimate of drug-likeness (QED) is 0.589. The van der Waals surface area contributed by atoms with Gasteiger partial charge in [-0.15, -0.1) is 0 Å². The summed E-state index contributed by atoms with van der Waals surface area (Å²) in [5.41, 5.74) is 2.53. The molecule has 0 aliphatic heterocycles. The zero-order valence-electron chi connectivity index (χ0n) is 16.6. The lowest BCUT2D eigenvalue weighted by Crippen LogP contribution is -2.44. The molecular weight excluding hydrogens is 382 g/mol. The van der Waals surface area contributed by atoms with Gasteiger partial charge in [-0.2, -0.15) is 0 Å². The minimum absolute atomic E-state index is 0.0865. The van der Waals surface area contributed by atoms with E-state index >= 15 is 0 Å². The van der Waals surface area contributed by atoms with Crippen LogP contribution in [-0.4, -0.2) is 29.0 Å². The molecule has 0 fully saturated rings. The number of aromatic nitrogens is 1. The molecule has 0 bridgehead atoms. The summed E-state index contributed by atoms with van der Waals surface area (Å²) in [4.78, 5) is 40.5. The highest BCUT2D eigenvalue weighted by Gasteiger charge is 2.20. The van der Waals surface area contributed by atoms with Crippen LogP contribution in [0.3, 0.4) is 0 Å². The van der Waals surface area contributed by atoms with Gasteiger partial charge in [-0.25, -0.2) is 4.79 Å². The maximum absolute atomic E-state index is 12.1. The van der Waals surface area contributed by atoms with E-state index in [1.165, 1.54) is 6.92 Å².